The van der Waals surface area contributed by atoms with E-state index in [4.69, 9.17) is 16.2 Å². The van der Waals surface area contributed by atoms with Gasteiger partial charge in [-0.2, -0.15) is 5.11 Å². The van der Waals surface area contributed by atoms with Crippen LogP contribution in [0.4, 0.5) is 23.0 Å². The molecular weight excluding hydrogens is 230 g/mol. The second kappa shape index (κ2) is 5.13. The van der Waals surface area contributed by atoms with E-state index in [1.165, 1.54) is 7.11 Å². The Morgan fingerprint density at radius 3 is 2.44 bits per heavy atom. The molecule has 0 fully saturated rings. The maximum absolute atomic E-state index is 5.71. The van der Waals surface area contributed by atoms with E-state index < -0.39 is 0 Å². The fourth-order valence-corrected chi connectivity index (χ4v) is 1.36. The van der Waals surface area contributed by atoms with Crippen molar-refractivity contribution in [2.45, 2.75) is 0 Å². The van der Waals surface area contributed by atoms with Gasteiger partial charge in [0.05, 0.1) is 12.8 Å². The van der Waals surface area contributed by atoms with Crippen molar-refractivity contribution < 1.29 is 4.74 Å². The third-order valence-corrected chi connectivity index (χ3v) is 2.27. The minimum Gasteiger partial charge on any atom is -0.493 e. The van der Waals surface area contributed by atoms with Gasteiger partial charge in [-0.05, 0) is 12.1 Å². The van der Waals surface area contributed by atoms with E-state index in [9.17, 15) is 0 Å². The first-order valence-electron chi connectivity index (χ1n) is 5.27. The number of nitrogen functional groups attached to an aromatic ring is 2. The molecule has 92 valence electrons. The van der Waals surface area contributed by atoms with Gasteiger partial charge in [0.15, 0.2) is 17.4 Å². The van der Waals surface area contributed by atoms with Crippen LogP contribution in [0.15, 0.2) is 46.6 Å². The third kappa shape index (κ3) is 2.54. The Hall–Kier alpha value is -2.63. The summed E-state index contributed by atoms with van der Waals surface area (Å²) < 4.78 is 5.05. The van der Waals surface area contributed by atoms with E-state index in [0.717, 1.165) is 5.69 Å². The van der Waals surface area contributed by atoms with Gasteiger partial charge in [0.1, 0.15) is 5.69 Å². The minimum absolute atomic E-state index is 0.216. The zero-order valence-corrected chi connectivity index (χ0v) is 9.87. The van der Waals surface area contributed by atoms with Crippen LogP contribution in [0.25, 0.3) is 0 Å². The molecule has 0 aliphatic rings. The first-order valence-corrected chi connectivity index (χ1v) is 5.27. The summed E-state index contributed by atoms with van der Waals surface area (Å²) >= 11 is 0. The van der Waals surface area contributed by atoms with Crippen molar-refractivity contribution in [1.29, 1.82) is 0 Å². The second-order valence-corrected chi connectivity index (χ2v) is 3.52. The molecule has 0 radical (unpaired) electrons. The van der Waals surface area contributed by atoms with Crippen molar-refractivity contribution in [3.63, 3.8) is 0 Å². The first-order chi connectivity index (χ1) is 8.70. The number of hydrogen-bond donors (Lipinski definition) is 2. The highest BCUT2D eigenvalue weighted by molar-refractivity contribution is 5.66. The molecule has 0 spiro atoms. The lowest BCUT2D eigenvalue weighted by molar-refractivity contribution is 0.415. The van der Waals surface area contributed by atoms with Crippen LogP contribution in [0.2, 0.25) is 0 Å². The maximum atomic E-state index is 5.71. The molecule has 4 N–H and O–H groups in total. The molecule has 1 aromatic carbocycles. The zero-order chi connectivity index (χ0) is 13.0. The lowest BCUT2D eigenvalue weighted by Crippen LogP contribution is -1.99. The molecule has 0 aliphatic heterocycles. The van der Waals surface area contributed by atoms with E-state index >= 15 is 0 Å². The Balaban J connectivity index is 2.32. The van der Waals surface area contributed by atoms with Crippen molar-refractivity contribution in [3.8, 4) is 5.75 Å². The van der Waals surface area contributed by atoms with Crippen LogP contribution < -0.4 is 16.2 Å². The predicted octanol–water partition coefficient (Wildman–Crippen LogP) is 2.67. The van der Waals surface area contributed by atoms with Crippen molar-refractivity contribution in [3.05, 3.63) is 36.4 Å². The normalized spacial score (nSPS) is 10.7. The zero-order valence-electron chi connectivity index (χ0n) is 9.87. The molecule has 18 heavy (non-hydrogen) atoms. The molecule has 1 heterocycles. The van der Waals surface area contributed by atoms with Crippen LogP contribution in [0.5, 0.6) is 5.75 Å². The molecule has 1 aromatic heterocycles. The number of aromatic nitrogens is 1. The van der Waals surface area contributed by atoms with Crippen LogP contribution in [-0.4, -0.2) is 12.1 Å². The Labute approximate surface area is 104 Å². The summed E-state index contributed by atoms with van der Waals surface area (Å²) in [5.74, 6) is 0.868. The molecule has 0 bridgehead atoms. The van der Waals surface area contributed by atoms with Gasteiger partial charge in [0.25, 0.3) is 0 Å². The van der Waals surface area contributed by atoms with Crippen molar-refractivity contribution >= 4 is 23.0 Å². The number of hydrogen-bond acceptors (Lipinski definition) is 6. The predicted molar refractivity (Wildman–Crippen MR) is 70.2 cm³/mol. The van der Waals surface area contributed by atoms with Gasteiger partial charge < -0.3 is 16.2 Å². The van der Waals surface area contributed by atoms with Gasteiger partial charge in [0, 0.05) is 6.07 Å². The van der Waals surface area contributed by atoms with Gasteiger partial charge in [-0.1, -0.05) is 18.2 Å². The lowest BCUT2D eigenvalue weighted by Gasteiger charge is -2.05. The number of ether oxygens (including phenoxy) is 1. The first kappa shape index (κ1) is 11.8. The molecule has 0 unspecified atom stereocenters. The monoisotopic (exact) mass is 243 g/mol. The molecule has 0 aliphatic carbocycles. The molecule has 0 atom stereocenters. The Bertz CT molecular complexity index is 568. The average Bonchev–Trinajstić information content (AvgIpc) is 2.39. The van der Waals surface area contributed by atoms with E-state index in [-0.39, 0.29) is 11.6 Å². The van der Waals surface area contributed by atoms with Crippen molar-refractivity contribution in [1.82, 2.24) is 4.98 Å². The number of anilines is 2. The van der Waals surface area contributed by atoms with E-state index in [2.05, 4.69) is 15.2 Å². The van der Waals surface area contributed by atoms with Crippen LogP contribution in [0.3, 0.4) is 0 Å². The molecule has 0 saturated heterocycles. The van der Waals surface area contributed by atoms with E-state index in [1.54, 1.807) is 6.07 Å². The number of benzene rings is 1. The molecule has 0 amide bonds. The van der Waals surface area contributed by atoms with E-state index in [1.807, 2.05) is 30.3 Å². The third-order valence-electron chi connectivity index (χ3n) is 2.27. The SMILES string of the molecule is COc1cc(N=Nc2ccccc2)c(N)nc1N. The van der Waals surface area contributed by atoms with Gasteiger partial charge >= 0.3 is 0 Å². The molecular formula is C12H13N5O. The van der Waals surface area contributed by atoms with Crippen LogP contribution >= 0.6 is 0 Å². The van der Waals surface area contributed by atoms with Crippen LogP contribution in [0, 0.1) is 0 Å². The summed E-state index contributed by atoms with van der Waals surface area (Å²) in [6, 6.07) is 10.9. The summed E-state index contributed by atoms with van der Waals surface area (Å²) in [6.07, 6.45) is 0. The largest absolute Gasteiger partial charge is 0.493 e. The Kier molecular flexibility index (Phi) is 3.38. The second-order valence-electron chi connectivity index (χ2n) is 3.52. The van der Waals surface area contributed by atoms with Gasteiger partial charge in [-0.25, -0.2) is 4.98 Å². The highest BCUT2D eigenvalue weighted by Crippen LogP contribution is 2.30. The molecule has 6 nitrogen and oxygen atoms in total. The molecule has 2 aromatic rings. The topological polar surface area (TPSA) is 98.9 Å². The highest BCUT2D eigenvalue weighted by Gasteiger charge is 2.07. The summed E-state index contributed by atoms with van der Waals surface area (Å²) in [6.45, 7) is 0. The number of nitrogens with two attached hydrogens (primary N) is 2. The van der Waals surface area contributed by atoms with Crippen molar-refractivity contribution in [2.75, 3.05) is 18.6 Å². The smallest absolute Gasteiger partial charge is 0.168 e. The quantitative estimate of drug-likeness (QED) is 0.809. The average molecular weight is 243 g/mol. The van der Waals surface area contributed by atoms with Gasteiger partial charge in [-0.15, -0.1) is 5.11 Å². The van der Waals surface area contributed by atoms with Gasteiger partial charge in [0.2, 0.25) is 0 Å². The fourth-order valence-electron chi connectivity index (χ4n) is 1.36. The summed E-state index contributed by atoms with van der Waals surface area (Å²) in [5, 5.41) is 8.08. The maximum Gasteiger partial charge on any atom is 0.168 e. The molecule has 6 heteroatoms. The van der Waals surface area contributed by atoms with E-state index in [0.29, 0.717) is 11.4 Å². The standard InChI is InChI=1S/C12H13N5O/c1-18-10-7-9(11(13)15-12(10)14)17-16-8-5-3-2-4-6-8/h2-7H,1H3,(H4,13,14,15). The number of rotatable bonds is 3. The highest BCUT2D eigenvalue weighted by atomic mass is 16.5. The number of methoxy groups -OCH3 is 1. The number of azo groups is 1. The number of nitrogens with zero attached hydrogens (tertiary/aromatic N) is 3. The number of pyridine rings is 1. The molecule has 2 rings (SSSR count). The summed E-state index contributed by atoms with van der Waals surface area (Å²) in [7, 11) is 1.50. The summed E-state index contributed by atoms with van der Waals surface area (Å²) in [5.41, 5.74) is 12.5. The Morgan fingerprint density at radius 2 is 1.78 bits per heavy atom. The lowest BCUT2D eigenvalue weighted by atomic mass is 10.3. The Morgan fingerprint density at radius 1 is 1.06 bits per heavy atom. The van der Waals surface area contributed by atoms with Crippen molar-refractivity contribution in [2.24, 2.45) is 10.2 Å². The minimum atomic E-state index is 0.216. The summed E-state index contributed by atoms with van der Waals surface area (Å²) in [4.78, 5) is 3.93. The van der Waals surface area contributed by atoms with Gasteiger partial charge in [-0.3, -0.25) is 0 Å². The van der Waals surface area contributed by atoms with Crippen LogP contribution in [0.1, 0.15) is 0 Å². The molecule has 0 saturated carbocycles. The fraction of sp³-hybridized carbons (Fsp3) is 0.0833. The van der Waals surface area contributed by atoms with Crippen LogP contribution in [-0.2, 0) is 0 Å².